The average Bonchev–Trinajstić information content (AvgIpc) is 3.45. The zero-order valence-corrected chi connectivity index (χ0v) is 29.7. The molecule has 0 aliphatic heterocycles. The van der Waals surface area contributed by atoms with E-state index in [4.69, 9.17) is 13.9 Å². The van der Waals surface area contributed by atoms with Gasteiger partial charge in [0, 0.05) is 29.1 Å². The number of rotatable bonds is 14. The summed E-state index contributed by atoms with van der Waals surface area (Å²) < 4.78 is 17.6. The number of carbonyl (C=O) groups excluding carboxylic acids is 1. The molecule has 0 aliphatic rings. The number of carbonyl (C=O) groups is 1. The molecule has 47 heavy (non-hydrogen) atoms. The van der Waals surface area contributed by atoms with E-state index in [0.29, 0.717) is 29.1 Å². The second kappa shape index (κ2) is 14.8. The highest BCUT2D eigenvalue weighted by Crippen LogP contribution is 2.40. The van der Waals surface area contributed by atoms with E-state index in [9.17, 15) is 20.1 Å². The maximum atomic E-state index is 13.1. The van der Waals surface area contributed by atoms with Gasteiger partial charge in [0.05, 0.1) is 39.0 Å². The molecule has 4 rings (SSSR count). The first-order chi connectivity index (χ1) is 22.2. The summed E-state index contributed by atoms with van der Waals surface area (Å²) in [6.45, 7) is 13.6. The Morgan fingerprint density at radius 1 is 0.979 bits per heavy atom. The number of hydrogen-bond donors (Lipinski definition) is 6. The van der Waals surface area contributed by atoms with Crippen LogP contribution in [0.25, 0.3) is 10.9 Å². The molecule has 0 aliphatic carbocycles. The lowest BCUT2D eigenvalue weighted by Gasteiger charge is -2.40. The Morgan fingerprint density at radius 3 is 2.36 bits per heavy atom. The summed E-state index contributed by atoms with van der Waals surface area (Å²) in [7, 11) is 0.838. The van der Waals surface area contributed by atoms with Gasteiger partial charge in [-0.3, -0.25) is 4.79 Å². The van der Waals surface area contributed by atoms with Gasteiger partial charge >= 0.3 is 0 Å². The predicted molar refractivity (Wildman–Crippen MR) is 187 cm³/mol. The molecule has 4 aromatic rings. The van der Waals surface area contributed by atoms with Crippen molar-refractivity contribution in [2.45, 2.75) is 77.5 Å². The minimum atomic E-state index is -2.14. The lowest BCUT2D eigenvalue weighted by Crippen LogP contribution is -2.44. The van der Waals surface area contributed by atoms with Gasteiger partial charge in [-0.05, 0) is 85.1 Å². The van der Waals surface area contributed by atoms with Crippen molar-refractivity contribution in [3.63, 3.8) is 0 Å². The summed E-state index contributed by atoms with van der Waals surface area (Å²) in [4.78, 5) is 16.3. The lowest BCUT2D eigenvalue weighted by atomic mass is 10.0. The molecule has 6 N–H and O–H groups in total. The number of aromatic nitrogens is 1. The molecule has 254 valence electrons. The highest BCUT2D eigenvalue weighted by Gasteiger charge is 2.39. The standard InChI is InChI=1S/C36H49N3O7Si/c1-22(37-20-33(46-47(7,8)36(2,3)4)24-10-12-30(41)26(17-24)21-40)15-23-9-11-28-25(16-23)18-29(39-28)35(43)38-19-27-32(44-5)14-13-31(42)34(27)45-6/h9-14,16-18,22,33,37,39-42H,15,19-21H2,1-8H3,(H,38,43). The number of phenols is 2. The number of amides is 1. The molecule has 0 radical (unpaired) electrons. The largest absolute Gasteiger partial charge is 0.508 e. The molecule has 1 aromatic heterocycles. The highest BCUT2D eigenvalue weighted by atomic mass is 28.4. The zero-order valence-electron chi connectivity index (χ0n) is 28.7. The van der Waals surface area contributed by atoms with Gasteiger partial charge in [-0.2, -0.15) is 0 Å². The number of aromatic hydroxyl groups is 2. The van der Waals surface area contributed by atoms with Crippen molar-refractivity contribution in [1.29, 1.82) is 0 Å². The molecule has 0 saturated heterocycles. The number of aliphatic hydroxyl groups is 1. The molecule has 1 heterocycles. The number of fused-ring (bicyclic) bond motifs is 1. The smallest absolute Gasteiger partial charge is 0.268 e. The molecule has 0 fully saturated rings. The van der Waals surface area contributed by atoms with Crippen LogP contribution in [0.3, 0.4) is 0 Å². The van der Waals surface area contributed by atoms with E-state index >= 15 is 0 Å². The van der Waals surface area contributed by atoms with Crippen LogP contribution >= 0.6 is 0 Å². The number of aromatic amines is 1. The van der Waals surface area contributed by atoms with Crippen LogP contribution in [0.4, 0.5) is 0 Å². The summed E-state index contributed by atoms with van der Waals surface area (Å²) in [5.74, 6) is 0.497. The maximum Gasteiger partial charge on any atom is 0.268 e. The van der Waals surface area contributed by atoms with Crippen LogP contribution in [0.1, 0.15) is 66.5 Å². The highest BCUT2D eigenvalue weighted by molar-refractivity contribution is 6.74. The van der Waals surface area contributed by atoms with Crippen LogP contribution < -0.4 is 20.1 Å². The molecule has 10 nitrogen and oxygen atoms in total. The molecule has 0 spiro atoms. The lowest BCUT2D eigenvalue weighted by molar-refractivity contribution is 0.0946. The maximum absolute atomic E-state index is 13.1. The number of hydrogen-bond acceptors (Lipinski definition) is 8. The Hall–Kier alpha value is -4.03. The number of ether oxygens (including phenoxy) is 2. The van der Waals surface area contributed by atoms with E-state index < -0.39 is 8.32 Å². The third-order valence-corrected chi connectivity index (χ3v) is 13.5. The van der Waals surface area contributed by atoms with Crippen LogP contribution in [0, 0.1) is 0 Å². The Bertz CT molecular complexity index is 1700. The first-order valence-electron chi connectivity index (χ1n) is 15.8. The van der Waals surface area contributed by atoms with Crippen molar-refractivity contribution in [1.82, 2.24) is 15.6 Å². The van der Waals surface area contributed by atoms with Crippen LogP contribution in [0.5, 0.6) is 23.0 Å². The number of benzene rings is 3. The summed E-state index contributed by atoms with van der Waals surface area (Å²) in [6, 6.07) is 16.5. The van der Waals surface area contributed by atoms with E-state index in [0.717, 1.165) is 28.5 Å². The van der Waals surface area contributed by atoms with Gasteiger partial charge in [0.15, 0.2) is 19.8 Å². The SMILES string of the molecule is COc1ccc(O)c(OC)c1CNC(=O)c1cc2cc(CC(C)NCC(O[Si](C)(C)C(C)(C)C)c3ccc(O)c(CO)c3)ccc2[nH]1. The fourth-order valence-corrected chi connectivity index (χ4v) is 6.59. The average molecular weight is 664 g/mol. The first kappa shape index (κ1) is 35.8. The number of H-pyrrole nitrogens is 1. The van der Waals surface area contributed by atoms with E-state index in [-0.39, 0.29) is 53.5 Å². The molecule has 3 aromatic carbocycles. The minimum Gasteiger partial charge on any atom is -0.508 e. The van der Waals surface area contributed by atoms with Crippen molar-refractivity contribution in [2.75, 3.05) is 20.8 Å². The van der Waals surface area contributed by atoms with Gasteiger partial charge in [-0.25, -0.2) is 0 Å². The summed E-state index contributed by atoms with van der Waals surface area (Å²) in [5, 5.41) is 37.5. The number of aliphatic hydroxyl groups excluding tert-OH is 1. The van der Waals surface area contributed by atoms with Crippen molar-refractivity contribution >= 4 is 25.1 Å². The molecular formula is C36H49N3O7Si. The van der Waals surface area contributed by atoms with E-state index in [2.05, 4.69) is 68.5 Å². The molecule has 2 unspecified atom stereocenters. The Balaban J connectivity index is 1.44. The normalized spacial score (nSPS) is 13.4. The number of nitrogens with one attached hydrogen (secondary N) is 3. The number of phenolic OH excluding ortho intramolecular Hbond substituents is 1. The fourth-order valence-electron chi connectivity index (χ4n) is 5.31. The van der Waals surface area contributed by atoms with E-state index in [1.54, 1.807) is 12.1 Å². The summed E-state index contributed by atoms with van der Waals surface area (Å²) >= 11 is 0. The molecule has 0 saturated carbocycles. The topological polar surface area (TPSA) is 145 Å². The monoisotopic (exact) mass is 663 g/mol. The van der Waals surface area contributed by atoms with Crippen LogP contribution in [0.15, 0.2) is 54.6 Å². The third-order valence-electron chi connectivity index (χ3n) is 9.06. The summed E-state index contributed by atoms with van der Waals surface area (Å²) in [6.07, 6.45) is 0.501. The van der Waals surface area contributed by atoms with Crippen LogP contribution in [-0.2, 0) is 24.0 Å². The molecule has 0 bridgehead atoms. The van der Waals surface area contributed by atoms with Gasteiger partial charge in [0.1, 0.15) is 17.2 Å². The number of methoxy groups -OCH3 is 2. The van der Waals surface area contributed by atoms with Gasteiger partial charge in [0.2, 0.25) is 0 Å². The van der Waals surface area contributed by atoms with Crippen molar-refractivity contribution in [3.8, 4) is 23.0 Å². The van der Waals surface area contributed by atoms with Crippen molar-refractivity contribution < 1.29 is 34.0 Å². The Morgan fingerprint density at radius 2 is 1.70 bits per heavy atom. The van der Waals surface area contributed by atoms with Crippen molar-refractivity contribution in [2.24, 2.45) is 0 Å². The van der Waals surface area contributed by atoms with E-state index in [1.807, 2.05) is 24.3 Å². The van der Waals surface area contributed by atoms with Gasteiger partial charge < -0.3 is 44.8 Å². The predicted octanol–water partition coefficient (Wildman–Crippen LogP) is 6.30. The quantitative estimate of drug-likeness (QED) is 0.0863. The Kier molecular flexibility index (Phi) is 11.3. The van der Waals surface area contributed by atoms with Crippen LogP contribution in [-0.4, -0.2) is 61.3 Å². The minimum absolute atomic E-state index is 0.0134. The van der Waals surface area contributed by atoms with Crippen molar-refractivity contribution in [3.05, 3.63) is 82.5 Å². The van der Waals surface area contributed by atoms with Gasteiger partial charge in [0.25, 0.3) is 5.91 Å². The molecule has 2 atom stereocenters. The summed E-state index contributed by atoms with van der Waals surface area (Å²) in [5.41, 5.74) is 4.32. The first-order valence-corrected chi connectivity index (χ1v) is 18.7. The molecule has 1 amide bonds. The molecular weight excluding hydrogens is 614 g/mol. The second-order valence-electron chi connectivity index (χ2n) is 13.5. The van der Waals surface area contributed by atoms with Gasteiger partial charge in [-0.15, -0.1) is 0 Å². The molecule has 11 heteroatoms. The van der Waals surface area contributed by atoms with Crippen LogP contribution in [0.2, 0.25) is 18.1 Å². The Labute approximate surface area is 278 Å². The third kappa shape index (κ3) is 8.47. The fraction of sp³-hybridized carbons (Fsp3) is 0.417. The van der Waals surface area contributed by atoms with E-state index in [1.165, 1.54) is 20.3 Å². The zero-order chi connectivity index (χ0) is 34.5. The second-order valence-corrected chi connectivity index (χ2v) is 18.3. The van der Waals surface area contributed by atoms with Gasteiger partial charge in [-0.1, -0.05) is 32.9 Å².